The second-order valence-electron chi connectivity index (χ2n) is 10.8. The van der Waals surface area contributed by atoms with Gasteiger partial charge in [-0.05, 0) is 90.0 Å². The Balaban J connectivity index is 2.76. The topological polar surface area (TPSA) is 46.2 Å². The van der Waals surface area contributed by atoms with Gasteiger partial charge in [0.15, 0.2) is 31.2 Å². The molecule has 0 heterocycles. The van der Waals surface area contributed by atoms with E-state index in [4.69, 9.17) is 21.8 Å². The molecule has 0 saturated carbocycles. The molecule has 0 amide bonds. The van der Waals surface area contributed by atoms with Gasteiger partial charge in [0.2, 0.25) is 0 Å². The molecule has 0 aliphatic carbocycles. The summed E-state index contributed by atoms with van der Waals surface area (Å²) >= 11 is 0. The monoisotopic (exact) mass is 500 g/mol. The molecular weight excluding hydrogens is 457 g/mol. The van der Waals surface area contributed by atoms with Crippen LogP contribution in [0.25, 0.3) is 6.08 Å². The summed E-state index contributed by atoms with van der Waals surface area (Å²) in [6, 6.07) is 8.58. The van der Waals surface area contributed by atoms with Crippen LogP contribution in [-0.4, -0.2) is 46.7 Å². The van der Waals surface area contributed by atoms with Gasteiger partial charge in [0.25, 0.3) is 0 Å². The molecule has 0 aliphatic rings. The molecule has 0 N–H and O–H groups in total. The zero-order valence-electron chi connectivity index (χ0n) is 21.3. The molecule has 0 aromatic heterocycles. The summed E-state index contributed by atoms with van der Waals surface area (Å²) in [5.74, 6) is 0.785. The zero-order valence-corrected chi connectivity index (χ0v) is 25.3. The van der Waals surface area contributed by atoms with Gasteiger partial charge < -0.3 is 21.8 Å². The summed E-state index contributed by atoms with van der Waals surface area (Å²) in [4.78, 5) is 0. The maximum atomic E-state index is 6.71. The highest BCUT2D eigenvalue weighted by molar-refractivity contribution is 6.90. The summed E-state index contributed by atoms with van der Waals surface area (Å²) < 4.78 is 31.9. The minimum Gasteiger partial charge on any atom is -0.465 e. The molecular formula is C22H44O5Si4. The maximum Gasteiger partial charge on any atom is 0.469 e. The highest BCUT2D eigenvalue weighted by atomic mass is 28.5. The molecule has 1 unspecified atom stereocenters. The normalized spacial score (nSPS) is 14.4. The number of hydrogen-bond acceptors (Lipinski definition) is 5. The second-order valence-corrected chi connectivity index (χ2v) is 27.7. The van der Waals surface area contributed by atoms with E-state index in [1.54, 1.807) is 0 Å². The first-order valence-corrected chi connectivity index (χ1v) is 23.3. The average molecular weight is 501 g/mol. The Morgan fingerprint density at radius 2 is 1.26 bits per heavy atom. The third-order valence-electron chi connectivity index (χ3n) is 3.78. The van der Waals surface area contributed by atoms with Crippen LogP contribution in [0.5, 0.6) is 5.75 Å². The van der Waals surface area contributed by atoms with Crippen LogP contribution < -0.4 is 4.74 Å². The highest BCUT2D eigenvalue weighted by Gasteiger charge is 2.49. The van der Waals surface area contributed by atoms with E-state index in [1.165, 1.54) is 0 Å². The molecule has 0 spiro atoms. The molecule has 0 bridgehead atoms. The molecule has 0 saturated heterocycles. The van der Waals surface area contributed by atoms with Gasteiger partial charge in [-0.3, -0.25) is 0 Å². The van der Waals surface area contributed by atoms with E-state index in [-0.39, 0.29) is 6.29 Å². The summed E-state index contributed by atoms with van der Waals surface area (Å²) in [5.41, 5.74) is 1.06. The molecule has 9 heteroatoms. The minimum atomic E-state index is -2.80. The SMILES string of the molecule is C=Cc1ccc(OC(C)OCCC[Si](O[Si](C)(C)C)(O[Si](C)(C)C)O[Si](C)(C)C)cc1. The van der Waals surface area contributed by atoms with Crippen LogP contribution in [-0.2, 0) is 17.1 Å². The summed E-state index contributed by atoms with van der Waals surface area (Å²) in [6.07, 6.45) is 2.29. The number of benzene rings is 1. The van der Waals surface area contributed by atoms with Crippen LogP contribution in [0.1, 0.15) is 18.9 Å². The van der Waals surface area contributed by atoms with Crippen molar-refractivity contribution in [2.24, 2.45) is 0 Å². The van der Waals surface area contributed by atoms with E-state index in [1.807, 2.05) is 37.3 Å². The summed E-state index contributed by atoms with van der Waals surface area (Å²) in [5, 5.41) is 0. The number of hydrogen-bond donors (Lipinski definition) is 0. The molecule has 1 atom stereocenters. The van der Waals surface area contributed by atoms with Gasteiger partial charge in [-0.15, -0.1) is 0 Å². The molecule has 0 fully saturated rings. The van der Waals surface area contributed by atoms with E-state index >= 15 is 0 Å². The fraction of sp³-hybridized carbons (Fsp3) is 0.636. The van der Waals surface area contributed by atoms with Crippen LogP contribution >= 0.6 is 0 Å². The van der Waals surface area contributed by atoms with Crippen molar-refractivity contribution >= 4 is 39.8 Å². The third-order valence-corrected chi connectivity index (χ3v) is 15.8. The van der Waals surface area contributed by atoms with Gasteiger partial charge in [-0.1, -0.05) is 24.8 Å². The first-order chi connectivity index (χ1) is 14.0. The Bertz CT molecular complexity index is 634. The van der Waals surface area contributed by atoms with E-state index < -0.39 is 33.8 Å². The standard InChI is InChI=1S/C22H44O5Si4/c1-12-21-14-16-22(17-15-21)24-20(2)23-18-13-19-31(25-28(3,4)5,26-29(6,7)8)27-30(9,10)11/h12,14-17,20H,1,13,18-19H2,2-11H3. The zero-order chi connectivity index (χ0) is 23.9. The lowest BCUT2D eigenvalue weighted by Gasteiger charge is -2.43. The molecule has 31 heavy (non-hydrogen) atoms. The summed E-state index contributed by atoms with van der Waals surface area (Å²) in [6.45, 7) is 26.1. The fourth-order valence-electron chi connectivity index (χ4n) is 3.06. The maximum absolute atomic E-state index is 6.71. The minimum absolute atomic E-state index is 0.334. The predicted octanol–water partition coefficient (Wildman–Crippen LogP) is 6.95. The molecule has 0 radical (unpaired) electrons. The van der Waals surface area contributed by atoms with Crippen molar-refractivity contribution in [2.45, 2.75) is 84.6 Å². The van der Waals surface area contributed by atoms with Crippen molar-refractivity contribution in [3.63, 3.8) is 0 Å². The molecule has 1 rings (SSSR count). The quantitative estimate of drug-likeness (QED) is 0.157. The van der Waals surface area contributed by atoms with Gasteiger partial charge in [0.1, 0.15) is 5.75 Å². The van der Waals surface area contributed by atoms with Crippen LogP contribution in [0, 0.1) is 0 Å². The largest absolute Gasteiger partial charge is 0.469 e. The van der Waals surface area contributed by atoms with Gasteiger partial charge in [-0.25, -0.2) is 0 Å². The van der Waals surface area contributed by atoms with Crippen molar-refractivity contribution in [3.8, 4) is 5.75 Å². The second kappa shape index (κ2) is 11.6. The van der Waals surface area contributed by atoms with Crippen LogP contribution in [0.3, 0.4) is 0 Å². The first-order valence-electron chi connectivity index (χ1n) is 11.1. The average Bonchev–Trinajstić information content (AvgIpc) is 2.54. The molecule has 1 aromatic rings. The van der Waals surface area contributed by atoms with Crippen molar-refractivity contribution in [3.05, 3.63) is 36.4 Å². The van der Waals surface area contributed by atoms with Crippen molar-refractivity contribution in [1.29, 1.82) is 0 Å². The summed E-state index contributed by atoms with van der Waals surface area (Å²) in [7, 11) is -8.35. The lowest BCUT2D eigenvalue weighted by atomic mass is 10.2. The first kappa shape index (κ1) is 28.5. The predicted molar refractivity (Wildman–Crippen MR) is 141 cm³/mol. The van der Waals surface area contributed by atoms with E-state index in [9.17, 15) is 0 Å². The van der Waals surface area contributed by atoms with E-state index in [0.717, 1.165) is 23.8 Å². The van der Waals surface area contributed by atoms with Crippen molar-refractivity contribution < 1.29 is 21.8 Å². The van der Waals surface area contributed by atoms with Gasteiger partial charge >= 0.3 is 8.80 Å². The van der Waals surface area contributed by atoms with Crippen LogP contribution in [0.2, 0.25) is 65.0 Å². The smallest absolute Gasteiger partial charge is 0.465 e. The molecule has 1 aromatic carbocycles. The molecule has 178 valence electrons. The lowest BCUT2D eigenvalue weighted by molar-refractivity contribution is -0.0668. The Morgan fingerprint density at radius 3 is 1.65 bits per heavy atom. The number of ether oxygens (including phenoxy) is 2. The molecule has 5 nitrogen and oxygen atoms in total. The van der Waals surface area contributed by atoms with Crippen LogP contribution in [0.4, 0.5) is 0 Å². The van der Waals surface area contributed by atoms with Crippen molar-refractivity contribution in [1.82, 2.24) is 0 Å². The fourth-order valence-corrected chi connectivity index (χ4v) is 17.7. The Hall–Kier alpha value is -0.532. The van der Waals surface area contributed by atoms with E-state index in [0.29, 0.717) is 6.61 Å². The van der Waals surface area contributed by atoms with E-state index in [2.05, 4.69) is 65.5 Å². The Kier molecular flexibility index (Phi) is 10.6. The molecule has 0 aliphatic heterocycles. The lowest BCUT2D eigenvalue weighted by Crippen LogP contribution is -2.60. The Labute approximate surface area is 194 Å². The highest BCUT2D eigenvalue weighted by Crippen LogP contribution is 2.30. The van der Waals surface area contributed by atoms with Crippen LogP contribution in [0.15, 0.2) is 30.8 Å². The van der Waals surface area contributed by atoms with Crippen molar-refractivity contribution in [2.75, 3.05) is 6.61 Å². The number of rotatable bonds is 14. The van der Waals surface area contributed by atoms with Gasteiger partial charge in [0, 0.05) is 6.04 Å². The van der Waals surface area contributed by atoms with Gasteiger partial charge in [0.05, 0.1) is 6.61 Å². The van der Waals surface area contributed by atoms with Gasteiger partial charge in [-0.2, -0.15) is 0 Å². The third kappa shape index (κ3) is 12.9. The Morgan fingerprint density at radius 1 is 0.806 bits per heavy atom.